The predicted octanol–water partition coefficient (Wildman–Crippen LogP) is 3.19. The lowest BCUT2D eigenvalue weighted by Crippen LogP contribution is -2.39. The fourth-order valence-corrected chi connectivity index (χ4v) is 3.84. The Hall–Kier alpha value is -0.380. The SMILES string of the molecule is CCCN(C1CCNC1)C(C)c1sccc1C. The summed E-state index contributed by atoms with van der Waals surface area (Å²) >= 11 is 1.91. The van der Waals surface area contributed by atoms with Gasteiger partial charge in [0.1, 0.15) is 0 Å². The molecule has 2 unspecified atom stereocenters. The number of thiophene rings is 1. The first-order valence-electron chi connectivity index (χ1n) is 6.74. The Morgan fingerprint density at radius 3 is 2.94 bits per heavy atom. The maximum absolute atomic E-state index is 3.49. The summed E-state index contributed by atoms with van der Waals surface area (Å²) in [6.07, 6.45) is 2.54. The van der Waals surface area contributed by atoms with Crippen LogP contribution in [-0.4, -0.2) is 30.6 Å². The molecule has 1 aromatic heterocycles. The summed E-state index contributed by atoms with van der Waals surface area (Å²) in [5, 5.41) is 5.71. The highest BCUT2D eigenvalue weighted by Crippen LogP contribution is 2.31. The Morgan fingerprint density at radius 1 is 1.59 bits per heavy atom. The highest BCUT2D eigenvalue weighted by atomic mass is 32.1. The van der Waals surface area contributed by atoms with Crippen molar-refractivity contribution in [2.45, 2.75) is 45.7 Å². The average Bonchev–Trinajstić information content (AvgIpc) is 2.95. The van der Waals surface area contributed by atoms with Gasteiger partial charge in [-0.15, -0.1) is 11.3 Å². The minimum absolute atomic E-state index is 0.569. The highest BCUT2D eigenvalue weighted by Gasteiger charge is 2.27. The lowest BCUT2D eigenvalue weighted by Gasteiger charge is -2.33. The molecule has 0 spiro atoms. The van der Waals surface area contributed by atoms with Crippen LogP contribution < -0.4 is 5.32 Å². The second-order valence-electron chi connectivity index (χ2n) is 5.03. The smallest absolute Gasteiger partial charge is 0.0419 e. The van der Waals surface area contributed by atoms with E-state index in [4.69, 9.17) is 0 Å². The summed E-state index contributed by atoms with van der Waals surface area (Å²) in [6, 6.07) is 3.54. The summed E-state index contributed by atoms with van der Waals surface area (Å²) in [5.41, 5.74) is 1.45. The Balaban J connectivity index is 2.12. The Morgan fingerprint density at radius 2 is 2.41 bits per heavy atom. The first kappa shape index (κ1) is 13.1. The van der Waals surface area contributed by atoms with Crippen LogP contribution in [-0.2, 0) is 0 Å². The molecular formula is C14H24N2S. The number of hydrogen-bond donors (Lipinski definition) is 1. The van der Waals surface area contributed by atoms with E-state index in [0.717, 1.165) is 12.6 Å². The first-order chi connectivity index (χ1) is 8.24. The zero-order chi connectivity index (χ0) is 12.3. The Bertz CT molecular complexity index is 342. The average molecular weight is 252 g/mol. The first-order valence-corrected chi connectivity index (χ1v) is 7.62. The lowest BCUT2D eigenvalue weighted by atomic mass is 10.1. The van der Waals surface area contributed by atoms with Crippen molar-refractivity contribution in [1.29, 1.82) is 0 Å². The van der Waals surface area contributed by atoms with E-state index in [9.17, 15) is 0 Å². The van der Waals surface area contributed by atoms with Gasteiger partial charge in [-0.1, -0.05) is 6.92 Å². The fourth-order valence-electron chi connectivity index (χ4n) is 2.84. The van der Waals surface area contributed by atoms with E-state index in [2.05, 4.69) is 42.4 Å². The van der Waals surface area contributed by atoms with Crippen molar-refractivity contribution in [1.82, 2.24) is 10.2 Å². The van der Waals surface area contributed by atoms with Crippen molar-refractivity contribution >= 4 is 11.3 Å². The molecule has 3 heteroatoms. The van der Waals surface area contributed by atoms with Gasteiger partial charge in [-0.25, -0.2) is 0 Å². The number of nitrogens with zero attached hydrogens (tertiary/aromatic N) is 1. The molecule has 1 aliphatic rings. The van der Waals surface area contributed by atoms with Gasteiger partial charge < -0.3 is 5.32 Å². The van der Waals surface area contributed by atoms with Crippen LogP contribution in [0.4, 0.5) is 0 Å². The van der Waals surface area contributed by atoms with E-state index in [0.29, 0.717) is 6.04 Å². The maximum Gasteiger partial charge on any atom is 0.0419 e. The molecule has 0 radical (unpaired) electrons. The van der Waals surface area contributed by atoms with Gasteiger partial charge in [0.05, 0.1) is 0 Å². The van der Waals surface area contributed by atoms with E-state index >= 15 is 0 Å². The molecule has 96 valence electrons. The van der Waals surface area contributed by atoms with Crippen molar-refractivity contribution in [2.75, 3.05) is 19.6 Å². The molecular weight excluding hydrogens is 228 g/mol. The molecule has 1 aromatic rings. The minimum Gasteiger partial charge on any atom is -0.315 e. The van der Waals surface area contributed by atoms with Crippen molar-refractivity contribution in [2.24, 2.45) is 0 Å². The number of rotatable bonds is 5. The van der Waals surface area contributed by atoms with Gasteiger partial charge in [-0.05, 0) is 56.8 Å². The van der Waals surface area contributed by atoms with Crippen LogP contribution in [0, 0.1) is 6.92 Å². The number of aryl methyl sites for hydroxylation is 1. The van der Waals surface area contributed by atoms with Crippen LogP contribution in [0.1, 0.15) is 43.2 Å². The third-order valence-electron chi connectivity index (χ3n) is 3.76. The summed E-state index contributed by atoms with van der Waals surface area (Å²) in [4.78, 5) is 4.24. The normalized spacial score (nSPS) is 22.2. The molecule has 2 nitrogen and oxygen atoms in total. The van der Waals surface area contributed by atoms with Crippen molar-refractivity contribution < 1.29 is 0 Å². The second-order valence-corrected chi connectivity index (χ2v) is 5.98. The van der Waals surface area contributed by atoms with Gasteiger partial charge in [-0.2, -0.15) is 0 Å². The Labute approximate surface area is 109 Å². The van der Waals surface area contributed by atoms with Crippen molar-refractivity contribution in [3.8, 4) is 0 Å². The third kappa shape index (κ3) is 2.90. The van der Waals surface area contributed by atoms with Gasteiger partial charge in [0, 0.05) is 23.5 Å². The molecule has 0 amide bonds. The number of nitrogens with one attached hydrogen (secondary N) is 1. The summed E-state index contributed by atoms with van der Waals surface area (Å²) in [7, 11) is 0. The maximum atomic E-state index is 3.49. The van der Waals surface area contributed by atoms with Crippen LogP contribution >= 0.6 is 11.3 Å². The van der Waals surface area contributed by atoms with Gasteiger partial charge >= 0.3 is 0 Å². The summed E-state index contributed by atoms with van der Waals surface area (Å²) in [5.74, 6) is 0. The van der Waals surface area contributed by atoms with Crippen molar-refractivity contribution in [3.05, 3.63) is 21.9 Å². The summed E-state index contributed by atoms with van der Waals surface area (Å²) in [6.45, 7) is 10.4. The van der Waals surface area contributed by atoms with E-state index in [1.165, 1.54) is 31.5 Å². The van der Waals surface area contributed by atoms with E-state index in [1.807, 2.05) is 11.3 Å². The standard InChI is InChI=1S/C14H24N2S/c1-4-8-16(13-5-7-15-10-13)12(3)14-11(2)6-9-17-14/h6,9,12-13,15H,4-5,7-8,10H2,1-3H3. The van der Waals surface area contributed by atoms with Gasteiger partial charge in [0.2, 0.25) is 0 Å². The molecule has 17 heavy (non-hydrogen) atoms. The van der Waals surface area contributed by atoms with Crippen molar-refractivity contribution in [3.63, 3.8) is 0 Å². The molecule has 2 atom stereocenters. The third-order valence-corrected chi connectivity index (χ3v) is 4.95. The van der Waals surface area contributed by atoms with Crippen LogP contribution in [0.3, 0.4) is 0 Å². The molecule has 1 saturated heterocycles. The van der Waals surface area contributed by atoms with E-state index < -0.39 is 0 Å². The monoisotopic (exact) mass is 252 g/mol. The zero-order valence-corrected chi connectivity index (χ0v) is 12.0. The van der Waals surface area contributed by atoms with Gasteiger partial charge in [0.15, 0.2) is 0 Å². The van der Waals surface area contributed by atoms with Crippen LogP contribution in [0.15, 0.2) is 11.4 Å². The zero-order valence-electron chi connectivity index (χ0n) is 11.2. The second kappa shape index (κ2) is 5.98. The van der Waals surface area contributed by atoms with Crippen LogP contribution in [0.2, 0.25) is 0 Å². The van der Waals surface area contributed by atoms with E-state index in [1.54, 1.807) is 4.88 Å². The molecule has 0 bridgehead atoms. The fraction of sp³-hybridized carbons (Fsp3) is 0.714. The molecule has 2 heterocycles. The molecule has 2 rings (SSSR count). The lowest BCUT2D eigenvalue weighted by molar-refractivity contribution is 0.155. The molecule has 0 aromatic carbocycles. The topological polar surface area (TPSA) is 15.3 Å². The molecule has 0 saturated carbocycles. The van der Waals surface area contributed by atoms with Gasteiger partial charge in [0.25, 0.3) is 0 Å². The molecule has 0 aliphatic carbocycles. The molecule has 1 aliphatic heterocycles. The predicted molar refractivity (Wildman–Crippen MR) is 75.7 cm³/mol. The molecule has 1 N–H and O–H groups in total. The molecule has 1 fully saturated rings. The van der Waals surface area contributed by atoms with E-state index in [-0.39, 0.29) is 0 Å². The summed E-state index contributed by atoms with van der Waals surface area (Å²) < 4.78 is 0. The minimum atomic E-state index is 0.569. The van der Waals surface area contributed by atoms with Crippen LogP contribution in [0.25, 0.3) is 0 Å². The van der Waals surface area contributed by atoms with Crippen LogP contribution in [0.5, 0.6) is 0 Å². The largest absolute Gasteiger partial charge is 0.315 e. The van der Waals surface area contributed by atoms with Gasteiger partial charge in [-0.3, -0.25) is 4.90 Å². The number of hydrogen-bond acceptors (Lipinski definition) is 3. The quantitative estimate of drug-likeness (QED) is 0.866. The Kier molecular flexibility index (Phi) is 4.60. The highest BCUT2D eigenvalue weighted by molar-refractivity contribution is 7.10.